The van der Waals surface area contributed by atoms with E-state index in [1.165, 1.54) is 12.1 Å². The maximum absolute atomic E-state index is 13.0. The van der Waals surface area contributed by atoms with Crippen LogP contribution in [0.2, 0.25) is 0 Å². The van der Waals surface area contributed by atoms with E-state index in [4.69, 9.17) is 4.74 Å². The molecule has 0 heterocycles. The van der Waals surface area contributed by atoms with Gasteiger partial charge in [0.15, 0.2) is 0 Å². The molecule has 0 aliphatic carbocycles. The fourth-order valence-corrected chi connectivity index (χ4v) is 2.77. The minimum atomic E-state index is -0.440. The number of hydrogen-bond acceptors (Lipinski definition) is 2. The summed E-state index contributed by atoms with van der Waals surface area (Å²) in [5, 5.41) is 0. The smallest absolute Gasteiger partial charge is 0.410 e. The fraction of sp³-hybridized carbons (Fsp3) is 0.316. The van der Waals surface area contributed by atoms with Crippen LogP contribution in [-0.4, -0.2) is 17.5 Å². The summed E-state index contributed by atoms with van der Waals surface area (Å²) < 4.78 is 19.5. The Morgan fingerprint density at radius 1 is 1.08 bits per heavy atom. The average molecular weight is 394 g/mol. The van der Waals surface area contributed by atoms with Crippen LogP contribution in [0.25, 0.3) is 0 Å². The molecule has 0 N–H and O–H groups in total. The molecule has 0 saturated carbocycles. The number of ether oxygens (including phenoxy) is 1. The molecule has 0 fully saturated rings. The van der Waals surface area contributed by atoms with Crippen LogP contribution in [0.4, 0.5) is 9.18 Å². The number of rotatable bonds is 5. The lowest BCUT2D eigenvalue weighted by Gasteiger charge is -2.29. The van der Waals surface area contributed by atoms with E-state index in [-0.39, 0.29) is 18.0 Å². The lowest BCUT2D eigenvalue weighted by molar-refractivity contribution is 0.0605. The first-order chi connectivity index (χ1) is 11.4. The highest BCUT2D eigenvalue weighted by Gasteiger charge is 2.23. The zero-order chi connectivity index (χ0) is 17.7. The van der Waals surface area contributed by atoms with Crippen molar-refractivity contribution in [3.8, 4) is 0 Å². The third-order valence-electron chi connectivity index (χ3n) is 4.01. The van der Waals surface area contributed by atoms with E-state index < -0.39 is 6.10 Å². The lowest BCUT2D eigenvalue weighted by Crippen LogP contribution is -2.34. The van der Waals surface area contributed by atoms with Crippen LogP contribution in [-0.2, 0) is 4.74 Å². The Balaban J connectivity index is 2.07. The molecule has 2 aromatic rings. The van der Waals surface area contributed by atoms with Crippen LogP contribution in [0.3, 0.4) is 0 Å². The summed E-state index contributed by atoms with van der Waals surface area (Å²) in [7, 11) is 0. The third kappa shape index (κ3) is 4.57. The second-order valence-corrected chi connectivity index (χ2v) is 6.51. The summed E-state index contributed by atoms with van der Waals surface area (Å²) in [4.78, 5) is 14.2. The Morgan fingerprint density at radius 3 is 2.17 bits per heavy atom. The normalized spacial score (nSPS) is 13.2. The Morgan fingerprint density at radius 2 is 1.62 bits per heavy atom. The van der Waals surface area contributed by atoms with Crippen molar-refractivity contribution in [2.24, 2.45) is 0 Å². The van der Waals surface area contributed by atoms with Crippen LogP contribution < -0.4 is 0 Å². The molecule has 0 radical (unpaired) electrons. The molecule has 5 heteroatoms. The molecular formula is C19H21BrFNO2. The molecule has 0 aromatic heterocycles. The van der Waals surface area contributed by atoms with E-state index in [1.807, 2.05) is 38.1 Å². The van der Waals surface area contributed by atoms with Crippen LogP contribution >= 0.6 is 15.9 Å². The molecule has 1 unspecified atom stereocenters. The van der Waals surface area contributed by atoms with Gasteiger partial charge in [0.1, 0.15) is 11.9 Å². The van der Waals surface area contributed by atoms with Crippen LogP contribution in [0.15, 0.2) is 53.0 Å². The van der Waals surface area contributed by atoms with Gasteiger partial charge in [-0.3, -0.25) is 0 Å². The number of amides is 1. The Bertz CT molecular complexity index is 673. The number of carbonyl (C=O) groups is 1. The van der Waals surface area contributed by atoms with E-state index in [0.717, 1.165) is 15.6 Å². The summed E-state index contributed by atoms with van der Waals surface area (Å²) in [5.74, 6) is -0.309. The molecule has 0 saturated heterocycles. The second-order valence-electron chi connectivity index (χ2n) is 5.59. The van der Waals surface area contributed by atoms with Gasteiger partial charge in [0.2, 0.25) is 0 Å². The summed E-state index contributed by atoms with van der Waals surface area (Å²) in [6.07, 6.45) is -0.825. The first kappa shape index (κ1) is 18.5. The van der Waals surface area contributed by atoms with Gasteiger partial charge in [-0.2, -0.15) is 0 Å². The number of benzene rings is 2. The predicted molar refractivity (Wildman–Crippen MR) is 96.2 cm³/mol. The van der Waals surface area contributed by atoms with Crippen molar-refractivity contribution in [2.45, 2.75) is 32.9 Å². The van der Waals surface area contributed by atoms with Gasteiger partial charge in [-0.25, -0.2) is 9.18 Å². The molecule has 0 bridgehead atoms. The topological polar surface area (TPSA) is 29.5 Å². The molecule has 2 rings (SSSR count). The van der Waals surface area contributed by atoms with Crippen LogP contribution in [0.1, 0.15) is 44.0 Å². The Labute approximate surface area is 150 Å². The zero-order valence-corrected chi connectivity index (χ0v) is 15.6. The minimum absolute atomic E-state index is 0.101. The summed E-state index contributed by atoms with van der Waals surface area (Å²) in [6.45, 7) is 6.20. The van der Waals surface area contributed by atoms with Crippen molar-refractivity contribution in [1.29, 1.82) is 0 Å². The van der Waals surface area contributed by atoms with Crippen molar-refractivity contribution >= 4 is 22.0 Å². The van der Waals surface area contributed by atoms with E-state index in [2.05, 4.69) is 15.9 Å². The molecule has 2 aromatic carbocycles. The monoisotopic (exact) mass is 393 g/mol. The first-order valence-electron chi connectivity index (χ1n) is 7.90. The highest BCUT2D eigenvalue weighted by atomic mass is 79.9. The third-order valence-corrected chi connectivity index (χ3v) is 4.54. The molecule has 0 aliphatic rings. The summed E-state index contributed by atoms with van der Waals surface area (Å²) in [5.41, 5.74) is 1.79. The Kier molecular flexibility index (Phi) is 6.37. The van der Waals surface area contributed by atoms with Gasteiger partial charge in [0.05, 0.1) is 6.04 Å². The molecule has 3 nitrogen and oxygen atoms in total. The molecule has 24 heavy (non-hydrogen) atoms. The SMILES string of the molecule is CCN(C(=O)OC(C)c1ccc(F)cc1)[C@@H](C)c1ccc(Br)cc1. The molecule has 2 atom stereocenters. The van der Waals surface area contributed by atoms with Gasteiger partial charge < -0.3 is 9.64 Å². The Hall–Kier alpha value is -1.88. The maximum Gasteiger partial charge on any atom is 0.410 e. The maximum atomic E-state index is 13.0. The lowest BCUT2D eigenvalue weighted by atomic mass is 10.1. The minimum Gasteiger partial charge on any atom is -0.442 e. The van der Waals surface area contributed by atoms with E-state index >= 15 is 0 Å². The number of hydrogen-bond donors (Lipinski definition) is 0. The fourth-order valence-electron chi connectivity index (χ4n) is 2.50. The van der Waals surface area contributed by atoms with Crippen molar-refractivity contribution in [2.75, 3.05) is 6.54 Å². The number of halogens is 2. The standard InChI is InChI=1S/C19H21BrFNO2/c1-4-22(13(2)15-5-9-17(20)10-6-15)19(23)24-14(3)16-7-11-18(21)12-8-16/h5-14H,4H2,1-3H3/t13-,14?/m0/s1. The van der Waals surface area contributed by atoms with E-state index in [9.17, 15) is 9.18 Å². The van der Waals surface area contributed by atoms with Gasteiger partial charge in [0.25, 0.3) is 0 Å². The summed E-state index contributed by atoms with van der Waals surface area (Å²) in [6, 6.07) is 13.7. The second kappa shape index (κ2) is 8.29. The highest BCUT2D eigenvalue weighted by Crippen LogP contribution is 2.25. The van der Waals surface area contributed by atoms with Crippen molar-refractivity contribution in [3.05, 3.63) is 69.9 Å². The molecule has 0 aliphatic heterocycles. The van der Waals surface area contributed by atoms with Gasteiger partial charge in [-0.1, -0.05) is 40.2 Å². The molecular weight excluding hydrogens is 373 g/mol. The molecule has 1 amide bonds. The highest BCUT2D eigenvalue weighted by molar-refractivity contribution is 9.10. The quantitative estimate of drug-likeness (QED) is 0.635. The van der Waals surface area contributed by atoms with E-state index in [0.29, 0.717) is 6.54 Å². The van der Waals surface area contributed by atoms with Gasteiger partial charge in [-0.05, 0) is 56.2 Å². The van der Waals surface area contributed by atoms with Gasteiger partial charge >= 0.3 is 6.09 Å². The largest absolute Gasteiger partial charge is 0.442 e. The number of nitrogens with zero attached hydrogens (tertiary/aromatic N) is 1. The van der Waals surface area contributed by atoms with Crippen LogP contribution in [0, 0.1) is 5.82 Å². The van der Waals surface area contributed by atoms with Crippen molar-refractivity contribution in [1.82, 2.24) is 4.90 Å². The van der Waals surface area contributed by atoms with Crippen molar-refractivity contribution < 1.29 is 13.9 Å². The van der Waals surface area contributed by atoms with Gasteiger partial charge in [0, 0.05) is 11.0 Å². The van der Waals surface area contributed by atoms with Gasteiger partial charge in [-0.15, -0.1) is 0 Å². The summed E-state index contributed by atoms with van der Waals surface area (Å²) >= 11 is 3.41. The molecule has 0 spiro atoms. The van der Waals surface area contributed by atoms with Crippen molar-refractivity contribution in [3.63, 3.8) is 0 Å². The van der Waals surface area contributed by atoms with Crippen LogP contribution in [0.5, 0.6) is 0 Å². The first-order valence-corrected chi connectivity index (χ1v) is 8.69. The zero-order valence-electron chi connectivity index (χ0n) is 14.0. The van der Waals surface area contributed by atoms with E-state index in [1.54, 1.807) is 24.0 Å². The molecule has 128 valence electrons. The number of carbonyl (C=O) groups excluding carboxylic acids is 1. The average Bonchev–Trinajstić information content (AvgIpc) is 2.56. The predicted octanol–water partition coefficient (Wildman–Crippen LogP) is 5.87.